The zero-order valence-corrected chi connectivity index (χ0v) is 27.7. The molecule has 0 saturated heterocycles. The fourth-order valence-electron chi connectivity index (χ4n) is 6.17. The van der Waals surface area contributed by atoms with E-state index in [-0.39, 0.29) is 30.5 Å². The summed E-state index contributed by atoms with van der Waals surface area (Å²) in [6.07, 6.45) is 4.48. The van der Waals surface area contributed by atoms with E-state index in [2.05, 4.69) is 10.3 Å². The highest BCUT2D eigenvalue weighted by Crippen LogP contribution is 2.37. The van der Waals surface area contributed by atoms with Crippen molar-refractivity contribution in [1.29, 1.82) is 0 Å². The number of fused-ring (bicyclic) bond motifs is 2. The van der Waals surface area contributed by atoms with Gasteiger partial charge >= 0.3 is 5.97 Å². The van der Waals surface area contributed by atoms with E-state index in [9.17, 15) is 18.3 Å². The van der Waals surface area contributed by atoms with E-state index in [4.69, 9.17) is 15.2 Å². The fraction of sp³-hybridized carbons (Fsp3) is 0.441. The van der Waals surface area contributed by atoms with Crippen molar-refractivity contribution in [3.63, 3.8) is 0 Å². The number of hydrogen-bond donors (Lipinski definition) is 2. The van der Waals surface area contributed by atoms with E-state index in [0.717, 1.165) is 59.9 Å². The van der Waals surface area contributed by atoms with E-state index in [1.165, 1.54) is 4.31 Å². The number of aryl methyl sites for hydroxylation is 3. The van der Waals surface area contributed by atoms with Crippen LogP contribution in [0.15, 0.2) is 53.4 Å². The van der Waals surface area contributed by atoms with Gasteiger partial charge in [-0.3, -0.25) is 4.79 Å². The number of methoxy groups -OCH3 is 1. The van der Waals surface area contributed by atoms with Crippen LogP contribution in [0.4, 0.5) is 0 Å². The number of benzene rings is 3. The van der Waals surface area contributed by atoms with Crippen LogP contribution in [0.5, 0.6) is 11.5 Å². The smallest absolute Gasteiger partial charge is 0.304 e. The predicted octanol–water partition coefficient (Wildman–Crippen LogP) is 4.93. The first-order valence-electron chi connectivity index (χ1n) is 15.7. The van der Waals surface area contributed by atoms with E-state index in [1.54, 1.807) is 24.9 Å². The van der Waals surface area contributed by atoms with E-state index in [1.807, 2.05) is 56.3 Å². The third-order valence-corrected chi connectivity index (χ3v) is 10.5. The summed E-state index contributed by atoms with van der Waals surface area (Å²) in [5, 5.41) is 18.2. The Labute approximate surface area is 270 Å². The van der Waals surface area contributed by atoms with Crippen molar-refractivity contribution in [2.45, 2.75) is 75.8 Å². The fourth-order valence-corrected chi connectivity index (χ4v) is 7.77. The van der Waals surface area contributed by atoms with Crippen LogP contribution in [-0.4, -0.2) is 65.1 Å². The molecule has 0 fully saturated rings. The van der Waals surface area contributed by atoms with E-state index in [0.29, 0.717) is 29.1 Å². The highest BCUT2D eigenvalue weighted by Gasteiger charge is 2.34. The third kappa shape index (κ3) is 7.19. The summed E-state index contributed by atoms with van der Waals surface area (Å²) in [6, 6.07) is 14.8. The van der Waals surface area contributed by atoms with Crippen molar-refractivity contribution in [3.8, 4) is 11.5 Å². The number of nitrogens with zero attached hydrogens (tertiary/aromatic N) is 4. The summed E-state index contributed by atoms with van der Waals surface area (Å²) in [5.74, 6) is -0.567. The number of rotatable bonds is 13. The van der Waals surface area contributed by atoms with Gasteiger partial charge in [0.1, 0.15) is 33.5 Å². The summed E-state index contributed by atoms with van der Waals surface area (Å²) < 4.78 is 42.9. The molecule has 12 heteroatoms. The van der Waals surface area contributed by atoms with Crippen molar-refractivity contribution in [3.05, 3.63) is 76.3 Å². The molecule has 0 bridgehead atoms. The number of nitrogens with two attached hydrogens (primary N) is 1. The van der Waals surface area contributed by atoms with Crippen LogP contribution in [0, 0.1) is 6.92 Å². The molecule has 5 rings (SSSR count). The summed E-state index contributed by atoms with van der Waals surface area (Å²) in [6.45, 7) is 4.79. The molecule has 0 amide bonds. The van der Waals surface area contributed by atoms with Crippen LogP contribution >= 0.6 is 0 Å². The van der Waals surface area contributed by atoms with E-state index < -0.39 is 21.9 Å². The Morgan fingerprint density at radius 2 is 1.89 bits per heavy atom. The molecule has 3 aromatic carbocycles. The number of carboxylic acids is 1. The van der Waals surface area contributed by atoms with Gasteiger partial charge < -0.3 is 20.3 Å². The number of unbranched alkanes of at least 4 members (excludes halogenated alkanes) is 3. The number of aliphatic carboxylic acids is 1. The molecule has 46 heavy (non-hydrogen) atoms. The van der Waals surface area contributed by atoms with E-state index >= 15 is 0 Å². The molecule has 1 aliphatic heterocycles. The van der Waals surface area contributed by atoms with Gasteiger partial charge in [0, 0.05) is 19.5 Å². The first kappa shape index (κ1) is 33.4. The SMILES string of the molecule is COc1cc(C(CC(=O)O)c2ccc(C)c(CN3C[C@@H](C)Oc4cc(CCCCCCN)ccc4S3(=O)=O)c2)cc2nnn(C)c12. The molecule has 0 aliphatic carbocycles. The van der Waals surface area contributed by atoms with Crippen molar-refractivity contribution >= 4 is 27.0 Å². The lowest BCUT2D eigenvalue weighted by atomic mass is 9.86. The Hall–Kier alpha value is -4.00. The molecule has 1 aromatic heterocycles. The zero-order valence-electron chi connectivity index (χ0n) is 26.9. The highest BCUT2D eigenvalue weighted by atomic mass is 32.2. The number of carboxylic acid groups (broad SMARTS) is 1. The largest absolute Gasteiger partial charge is 0.494 e. The van der Waals surface area contributed by atoms with Crippen molar-refractivity contribution < 1.29 is 27.8 Å². The minimum Gasteiger partial charge on any atom is -0.494 e. The second-order valence-electron chi connectivity index (χ2n) is 12.1. The Morgan fingerprint density at radius 1 is 1.11 bits per heavy atom. The zero-order chi connectivity index (χ0) is 33.0. The van der Waals surface area contributed by atoms with Gasteiger partial charge in [0.15, 0.2) is 0 Å². The molecule has 0 spiro atoms. The van der Waals surface area contributed by atoms with Gasteiger partial charge in [-0.2, -0.15) is 4.31 Å². The van der Waals surface area contributed by atoms with Crippen LogP contribution in [0.2, 0.25) is 0 Å². The van der Waals surface area contributed by atoms with Crippen LogP contribution in [-0.2, 0) is 34.8 Å². The third-order valence-electron chi connectivity index (χ3n) is 8.65. The maximum absolute atomic E-state index is 14.0. The number of aromatic nitrogens is 3. The maximum atomic E-state index is 14.0. The number of ether oxygens (including phenoxy) is 2. The molecule has 2 atom stereocenters. The second kappa shape index (κ2) is 14.2. The molecule has 0 radical (unpaired) electrons. The van der Waals surface area contributed by atoms with Gasteiger partial charge in [-0.25, -0.2) is 13.1 Å². The lowest BCUT2D eigenvalue weighted by Gasteiger charge is -2.24. The van der Waals surface area contributed by atoms with Gasteiger partial charge in [0.25, 0.3) is 0 Å². The topological polar surface area (TPSA) is 150 Å². The van der Waals surface area contributed by atoms with Crippen LogP contribution in [0.3, 0.4) is 0 Å². The summed E-state index contributed by atoms with van der Waals surface area (Å²) in [4.78, 5) is 12.2. The van der Waals surface area contributed by atoms with Crippen LogP contribution < -0.4 is 15.2 Å². The lowest BCUT2D eigenvalue weighted by molar-refractivity contribution is -0.137. The van der Waals surface area contributed by atoms with Gasteiger partial charge in [-0.05, 0) is 91.7 Å². The molecular weight excluding hydrogens is 606 g/mol. The Bertz CT molecular complexity index is 1820. The Morgan fingerprint density at radius 3 is 2.63 bits per heavy atom. The predicted molar refractivity (Wildman–Crippen MR) is 176 cm³/mol. The normalized spacial score (nSPS) is 16.8. The average molecular weight is 650 g/mol. The summed E-state index contributed by atoms with van der Waals surface area (Å²) >= 11 is 0. The van der Waals surface area contributed by atoms with Crippen molar-refractivity contribution in [1.82, 2.24) is 19.3 Å². The van der Waals surface area contributed by atoms with Gasteiger partial charge in [-0.15, -0.1) is 5.10 Å². The Kier molecular flexibility index (Phi) is 10.3. The van der Waals surface area contributed by atoms with Gasteiger partial charge in [-0.1, -0.05) is 42.3 Å². The summed E-state index contributed by atoms with van der Waals surface area (Å²) in [5.41, 5.74) is 11.1. The van der Waals surface area contributed by atoms with Crippen molar-refractivity contribution in [2.75, 3.05) is 20.2 Å². The molecule has 0 saturated carbocycles. The maximum Gasteiger partial charge on any atom is 0.304 e. The van der Waals surface area contributed by atoms with Gasteiger partial charge in [0.05, 0.1) is 20.1 Å². The Balaban J connectivity index is 1.45. The molecule has 3 N–H and O–H groups in total. The van der Waals surface area contributed by atoms with Crippen LogP contribution in [0.25, 0.3) is 11.0 Å². The molecular formula is C34H43N5O6S. The number of carbonyl (C=O) groups is 1. The highest BCUT2D eigenvalue weighted by molar-refractivity contribution is 7.89. The second-order valence-corrected chi connectivity index (χ2v) is 14.0. The monoisotopic (exact) mass is 649 g/mol. The molecule has 1 aliphatic rings. The quantitative estimate of drug-likeness (QED) is 0.192. The molecule has 1 unspecified atom stereocenters. The minimum absolute atomic E-state index is 0.115. The molecule has 2 heterocycles. The minimum atomic E-state index is -3.89. The molecule has 246 valence electrons. The lowest BCUT2D eigenvalue weighted by Crippen LogP contribution is -2.35. The first-order chi connectivity index (χ1) is 22.0. The molecule has 4 aromatic rings. The van der Waals surface area contributed by atoms with Gasteiger partial charge in [0.2, 0.25) is 10.0 Å². The number of hydrogen-bond acceptors (Lipinski definition) is 8. The molecule has 11 nitrogen and oxygen atoms in total. The first-order valence-corrected chi connectivity index (χ1v) is 17.1. The summed E-state index contributed by atoms with van der Waals surface area (Å²) in [7, 11) is -0.563. The van der Waals surface area contributed by atoms with Crippen LogP contribution in [0.1, 0.15) is 72.8 Å². The standard InChI is InChI=1S/C34H43N5O6S/c1-22-10-12-25(28(19-33(40)41)26-17-29-34(31(18-26)44-4)38(3)37-36-29)16-27(22)21-39-20-23(2)45-30-15-24(9-7-5-6-8-14-35)11-13-32(30)46(39,42)43/h10-13,15-18,23,28H,5-9,14,19-21,35H2,1-4H3,(H,40,41)/t23-,28?/m1/s1. The average Bonchev–Trinajstić information content (AvgIpc) is 3.36. The van der Waals surface area contributed by atoms with Crippen molar-refractivity contribution in [2.24, 2.45) is 12.8 Å². The number of sulfonamides is 1.